The van der Waals surface area contributed by atoms with Gasteiger partial charge in [0.05, 0.1) is 15.9 Å². The molecule has 2 amide bonds. The van der Waals surface area contributed by atoms with Gasteiger partial charge in [0.1, 0.15) is 0 Å². The number of carbonyl (C=O) groups excluding carboxylic acids is 2. The first-order chi connectivity index (χ1) is 13.1. The molecule has 0 radical (unpaired) electrons. The molecule has 2 N–H and O–H groups in total. The van der Waals surface area contributed by atoms with Crippen LogP contribution in [0.1, 0.15) is 51.8 Å². The normalized spacial score (nSPS) is 18.4. The van der Waals surface area contributed by atoms with E-state index in [1.165, 1.54) is 29.1 Å². The molecule has 2 aromatic rings. The van der Waals surface area contributed by atoms with Gasteiger partial charge in [-0.2, -0.15) is 0 Å². The maximum Gasteiger partial charge on any atom is 0.261 e. The Hall–Kier alpha value is -1.70. The van der Waals surface area contributed by atoms with Crippen molar-refractivity contribution in [2.45, 2.75) is 38.6 Å². The van der Waals surface area contributed by atoms with E-state index in [2.05, 4.69) is 33.0 Å². The first kappa shape index (κ1) is 18.7. The topological polar surface area (TPSA) is 61.4 Å². The van der Waals surface area contributed by atoms with Crippen LogP contribution in [-0.2, 0) is 4.79 Å². The highest BCUT2D eigenvalue weighted by Crippen LogP contribution is 2.33. The van der Waals surface area contributed by atoms with Crippen molar-refractivity contribution >= 4 is 39.5 Å². The highest BCUT2D eigenvalue weighted by molar-refractivity contribution is 7.18. The number of thiophene rings is 2. The van der Waals surface area contributed by atoms with Crippen LogP contribution < -0.4 is 10.6 Å². The SMILES string of the molecule is Cc1cc(NC(=O)C2CC2)sc1C(=O)NCC(c1cccs1)N1CCCC1. The van der Waals surface area contributed by atoms with Crippen molar-refractivity contribution in [1.82, 2.24) is 10.2 Å². The molecule has 4 rings (SSSR count). The molecule has 1 aliphatic carbocycles. The van der Waals surface area contributed by atoms with Gasteiger partial charge in [0.2, 0.25) is 5.91 Å². The van der Waals surface area contributed by atoms with Crippen molar-refractivity contribution in [2.24, 2.45) is 5.92 Å². The number of hydrogen-bond donors (Lipinski definition) is 2. The Bertz CT molecular complexity index is 805. The summed E-state index contributed by atoms with van der Waals surface area (Å²) >= 11 is 3.12. The lowest BCUT2D eigenvalue weighted by molar-refractivity contribution is -0.117. The van der Waals surface area contributed by atoms with Crippen LogP contribution in [0.3, 0.4) is 0 Å². The van der Waals surface area contributed by atoms with Gasteiger partial charge in [0.15, 0.2) is 0 Å². The van der Waals surface area contributed by atoms with Crippen LogP contribution >= 0.6 is 22.7 Å². The molecule has 144 valence electrons. The molecule has 7 heteroatoms. The van der Waals surface area contributed by atoms with E-state index in [-0.39, 0.29) is 23.8 Å². The van der Waals surface area contributed by atoms with Crippen LogP contribution in [-0.4, -0.2) is 36.3 Å². The van der Waals surface area contributed by atoms with Crippen LogP contribution in [0.25, 0.3) is 0 Å². The van der Waals surface area contributed by atoms with Crippen molar-refractivity contribution in [1.29, 1.82) is 0 Å². The van der Waals surface area contributed by atoms with E-state index in [4.69, 9.17) is 0 Å². The average Bonchev–Trinajstić information content (AvgIpc) is 3.03. The van der Waals surface area contributed by atoms with Gasteiger partial charge in [-0.1, -0.05) is 6.07 Å². The summed E-state index contributed by atoms with van der Waals surface area (Å²) < 4.78 is 0. The summed E-state index contributed by atoms with van der Waals surface area (Å²) in [5.74, 6) is 0.192. The second-order valence-corrected chi connectivity index (χ2v) is 9.40. The lowest BCUT2D eigenvalue weighted by Crippen LogP contribution is -2.36. The maximum atomic E-state index is 12.8. The van der Waals surface area contributed by atoms with Crippen molar-refractivity contribution in [2.75, 3.05) is 25.0 Å². The number of rotatable bonds is 7. The molecule has 2 aromatic heterocycles. The van der Waals surface area contributed by atoms with Crippen molar-refractivity contribution in [3.63, 3.8) is 0 Å². The standard InChI is InChI=1S/C20H25N3O2S2/c1-13-11-17(22-19(24)14-6-7-14)27-18(13)20(25)21-12-15(16-5-4-10-26-16)23-8-2-3-9-23/h4-5,10-11,14-15H,2-3,6-9,12H2,1H3,(H,21,25)(H,22,24). The van der Waals surface area contributed by atoms with Crippen molar-refractivity contribution in [3.05, 3.63) is 38.9 Å². The summed E-state index contributed by atoms with van der Waals surface area (Å²) in [7, 11) is 0. The van der Waals surface area contributed by atoms with E-state index in [1.54, 1.807) is 11.3 Å². The molecular weight excluding hydrogens is 378 g/mol. The van der Waals surface area contributed by atoms with Crippen LogP contribution in [0.5, 0.6) is 0 Å². The summed E-state index contributed by atoms with van der Waals surface area (Å²) in [6.07, 6.45) is 4.40. The number of aryl methyl sites for hydroxylation is 1. The average molecular weight is 404 g/mol. The molecule has 0 spiro atoms. The number of carbonyl (C=O) groups is 2. The second-order valence-electron chi connectivity index (χ2n) is 7.37. The highest BCUT2D eigenvalue weighted by atomic mass is 32.1. The number of amides is 2. The van der Waals surface area contributed by atoms with E-state index in [1.807, 2.05) is 13.0 Å². The van der Waals surface area contributed by atoms with Gasteiger partial charge in [0.25, 0.3) is 5.91 Å². The zero-order valence-electron chi connectivity index (χ0n) is 15.5. The molecule has 3 heterocycles. The zero-order valence-corrected chi connectivity index (χ0v) is 17.1. The van der Waals surface area contributed by atoms with E-state index in [0.29, 0.717) is 11.4 Å². The zero-order chi connectivity index (χ0) is 18.8. The molecule has 2 aliphatic rings. The predicted octanol–water partition coefficient (Wildman–Crippen LogP) is 4.03. The molecule has 1 atom stereocenters. The van der Waals surface area contributed by atoms with Crippen molar-refractivity contribution < 1.29 is 9.59 Å². The fraction of sp³-hybridized carbons (Fsp3) is 0.500. The molecule has 1 unspecified atom stereocenters. The molecule has 27 heavy (non-hydrogen) atoms. The fourth-order valence-electron chi connectivity index (χ4n) is 3.55. The number of nitrogens with one attached hydrogen (secondary N) is 2. The molecule has 2 fully saturated rings. The van der Waals surface area contributed by atoms with Gasteiger partial charge in [-0.25, -0.2) is 0 Å². The number of nitrogens with zero attached hydrogens (tertiary/aromatic N) is 1. The third-order valence-electron chi connectivity index (χ3n) is 5.23. The largest absolute Gasteiger partial charge is 0.349 e. The Balaban J connectivity index is 1.40. The maximum absolute atomic E-state index is 12.8. The summed E-state index contributed by atoms with van der Waals surface area (Å²) in [6, 6.07) is 6.37. The second kappa shape index (κ2) is 8.12. The molecule has 0 bridgehead atoms. The first-order valence-electron chi connectivity index (χ1n) is 9.59. The monoisotopic (exact) mass is 403 g/mol. The lowest BCUT2D eigenvalue weighted by atomic mass is 10.2. The molecule has 0 aromatic carbocycles. The summed E-state index contributed by atoms with van der Waals surface area (Å²) in [5, 5.41) is 8.94. The van der Waals surface area contributed by atoms with Gasteiger partial charge >= 0.3 is 0 Å². The third kappa shape index (κ3) is 4.42. The van der Waals surface area contributed by atoms with Gasteiger partial charge in [-0.05, 0) is 68.8 Å². The van der Waals surface area contributed by atoms with Crippen LogP contribution in [0, 0.1) is 12.8 Å². The Morgan fingerprint density at radius 3 is 2.74 bits per heavy atom. The number of anilines is 1. The Labute approximate surface area is 167 Å². The van der Waals surface area contributed by atoms with Crippen LogP contribution in [0.2, 0.25) is 0 Å². The van der Waals surface area contributed by atoms with Gasteiger partial charge in [-0.3, -0.25) is 14.5 Å². The minimum atomic E-state index is -0.0508. The van der Waals surface area contributed by atoms with Gasteiger partial charge < -0.3 is 10.6 Å². The fourth-order valence-corrected chi connectivity index (χ4v) is 5.40. The van der Waals surface area contributed by atoms with Crippen LogP contribution in [0.4, 0.5) is 5.00 Å². The summed E-state index contributed by atoms with van der Waals surface area (Å²) in [4.78, 5) is 29.2. The molecule has 1 aliphatic heterocycles. The minimum Gasteiger partial charge on any atom is -0.349 e. The third-order valence-corrected chi connectivity index (χ3v) is 7.35. The lowest BCUT2D eigenvalue weighted by Gasteiger charge is -2.26. The first-order valence-corrected chi connectivity index (χ1v) is 11.3. The smallest absolute Gasteiger partial charge is 0.261 e. The number of likely N-dealkylation sites (tertiary alicyclic amines) is 1. The molecule has 1 saturated heterocycles. The van der Waals surface area contributed by atoms with Gasteiger partial charge in [-0.15, -0.1) is 22.7 Å². The summed E-state index contributed by atoms with van der Waals surface area (Å²) in [5.41, 5.74) is 0.914. The van der Waals surface area contributed by atoms with E-state index >= 15 is 0 Å². The minimum absolute atomic E-state index is 0.0508. The predicted molar refractivity (Wildman–Crippen MR) is 111 cm³/mol. The summed E-state index contributed by atoms with van der Waals surface area (Å²) in [6.45, 7) is 4.72. The Morgan fingerprint density at radius 2 is 2.07 bits per heavy atom. The van der Waals surface area contributed by atoms with Crippen molar-refractivity contribution in [3.8, 4) is 0 Å². The van der Waals surface area contributed by atoms with Crippen LogP contribution in [0.15, 0.2) is 23.6 Å². The highest BCUT2D eigenvalue weighted by Gasteiger charge is 2.30. The van der Waals surface area contributed by atoms with E-state index < -0.39 is 0 Å². The van der Waals surface area contributed by atoms with Gasteiger partial charge in [0, 0.05) is 17.3 Å². The molecule has 5 nitrogen and oxygen atoms in total. The van der Waals surface area contributed by atoms with E-state index in [0.717, 1.165) is 36.5 Å². The molecule has 1 saturated carbocycles. The molecular formula is C20H25N3O2S2. The van der Waals surface area contributed by atoms with E-state index in [9.17, 15) is 9.59 Å². The Morgan fingerprint density at radius 1 is 1.30 bits per heavy atom. The quantitative estimate of drug-likeness (QED) is 0.734. The Kier molecular flexibility index (Phi) is 5.61. The number of hydrogen-bond acceptors (Lipinski definition) is 5.